The van der Waals surface area contributed by atoms with Crippen molar-refractivity contribution in [1.82, 2.24) is 9.55 Å². The fraction of sp³-hybridized carbons (Fsp3) is 0.700. The Hall–Kier alpha value is -0.310. The molecule has 1 rings (SSSR count). The predicted octanol–water partition coefficient (Wildman–Crippen LogP) is 2.87. The van der Waals surface area contributed by atoms with Crippen molar-refractivity contribution in [3.8, 4) is 0 Å². The molecule has 0 fully saturated rings. The van der Waals surface area contributed by atoms with E-state index in [9.17, 15) is 0 Å². The largest absolute Gasteiger partial charge is 0.335 e. The number of rotatable bonds is 4. The molecule has 0 N–H and O–H groups in total. The summed E-state index contributed by atoms with van der Waals surface area (Å²) in [6.45, 7) is 7.59. The van der Waals surface area contributed by atoms with E-state index in [4.69, 9.17) is 0 Å². The highest BCUT2D eigenvalue weighted by Gasteiger charge is 2.12. The van der Waals surface area contributed by atoms with Gasteiger partial charge in [0.25, 0.3) is 0 Å². The average Bonchev–Trinajstić information content (AvgIpc) is 2.51. The number of nitrogens with zero attached hydrogens (tertiary/aromatic N) is 2. The zero-order valence-corrected chi connectivity index (χ0v) is 10.1. The Kier molecular flexibility index (Phi) is 3.97. The smallest absolute Gasteiger partial charge is 0.108 e. The van der Waals surface area contributed by atoms with Crippen LogP contribution in [0.4, 0.5) is 0 Å². The quantitative estimate of drug-likeness (QED) is 0.746. The highest BCUT2D eigenvalue weighted by molar-refractivity contribution is 9.09. The SMILES string of the molecule is CCn1ccnc1CC(C)C(C)Br. The number of imidazole rings is 1. The Bertz CT molecular complexity index is 255. The highest BCUT2D eigenvalue weighted by Crippen LogP contribution is 2.16. The van der Waals surface area contributed by atoms with Gasteiger partial charge in [0.2, 0.25) is 0 Å². The first-order valence-corrected chi connectivity index (χ1v) is 5.70. The van der Waals surface area contributed by atoms with Crippen molar-refractivity contribution in [2.75, 3.05) is 0 Å². The van der Waals surface area contributed by atoms with Gasteiger partial charge in [-0.25, -0.2) is 4.98 Å². The first-order valence-electron chi connectivity index (χ1n) is 4.79. The second kappa shape index (κ2) is 4.80. The molecule has 0 radical (unpaired) electrons. The molecule has 0 aromatic carbocycles. The molecule has 0 saturated carbocycles. The third-order valence-corrected chi connectivity index (χ3v) is 3.33. The molecule has 13 heavy (non-hydrogen) atoms. The normalized spacial score (nSPS) is 15.7. The summed E-state index contributed by atoms with van der Waals surface area (Å²) in [5, 5.41) is 0. The molecule has 0 saturated heterocycles. The summed E-state index contributed by atoms with van der Waals surface area (Å²) < 4.78 is 2.20. The van der Waals surface area contributed by atoms with E-state index in [0.29, 0.717) is 10.7 Å². The fourth-order valence-electron chi connectivity index (χ4n) is 1.27. The Morgan fingerprint density at radius 2 is 2.23 bits per heavy atom. The molecular weight excluding hydrogens is 228 g/mol. The molecule has 1 aromatic heterocycles. The van der Waals surface area contributed by atoms with Crippen LogP contribution in [0.15, 0.2) is 12.4 Å². The van der Waals surface area contributed by atoms with Crippen LogP contribution < -0.4 is 0 Å². The van der Waals surface area contributed by atoms with Crippen molar-refractivity contribution < 1.29 is 0 Å². The predicted molar refractivity (Wildman–Crippen MR) is 59.2 cm³/mol. The van der Waals surface area contributed by atoms with Crippen LogP contribution in [0.2, 0.25) is 0 Å². The highest BCUT2D eigenvalue weighted by atomic mass is 79.9. The Labute approximate surface area is 88.5 Å². The second-order valence-electron chi connectivity index (χ2n) is 3.49. The van der Waals surface area contributed by atoms with Gasteiger partial charge in [-0.3, -0.25) is 0 Å². The van der Waals surface area contributed by atoms with E-state index in [2.05, 4.69) is 46.3 Å². The number of aromatic nitrogens is 2. The summed E-state index contributed by atoms with van der Waals surface area (Å²) in [6, 6.07) is 0. The fourth-order valence-corrected chi connectivity index (χ4v) is 1.46. The molecule has 0 amide bonds. The summed E-state index contributed by atoms with van der Waals surface area (Å²) in [6.07, 6.45) is 4.97. The van der Waals surface area contributed by atoms with E-state index in [1.54, 1.807) is 0 Å². The first-order chi connectivity index (χ1) is 6.15. The number of hydrogen-bond acceptors (Lipinski definition) is 1. The van der Waals surface area contributed by atoms with E-state index in [-0.39, 0.29) is 0 Å². The van der Waals surface area contributed by atoms with Gasteiger partial charge in [-0.2, -0.15) is 0 Å². The standard InChI is InChI=1S/C10H17BrN2/c1-4-13-6-5-12-10(13)7-8(2)9(3)11/h5-6,8-9H,4,7H2,1-3H3. The van der Waals surface area contributed by atoms with Crippen molar-refractivity contribution in [2.45, 2.75) is 38.6 Å². The minimum Gasteiger partial charge on any atom is -0.335 e. The van der Waals surface area contributed by atoms with E-state index >= 15 is 0 Å². The molecule has 2 nitrogen and oxygen atoms in total. The molecule has 74 valence electrons. The van der Waals surface area contributed by atoms with Gasteiger partial charge >= 0.3 is 0 Å². The molecule has 2 unspecified atom stereocenters. The van der Waals surface area contributed by atoms with Crippen molar-refractivity contribution in [2.24, 2.45) is 5.92 Å². The summed E-state index contributed by atoms with van der Waals surface area (Å²) in [5.74, 6) is 1.83. The number of halogens is 1. The summed E-state index contributed by atoms with van der Waals surface area (Å²) in [4.78, 5) is 4.90. The molecule has 1 heterocycles. The summed E-state index contributed by atoms with van der Waals surface area (Å²) >= 11 is 3.59. The lowest BCUT2D eigenvalue weighted by atomic mass is 10.1. The third kappa shape index (κ3) is 2.83. The van der Waals surface area contributed by atoms with Crippen LogP contribution in [0.5, 0.6) is 0 Å². The molecule has 0 spiro atoms. The van der Waals surface area contributed by atoms with Crippen LogP contribution in [0, 0.1) is 5.92 Å². The van der Waals surface area contributed by atoms with Crippen molar-refractivity contribution in [1.29, 1.82) is 0 Å². The maximum atomic E-state index is 4.35. The van der Waals surface area contributed by atoms with Gasteiger partial charge in [0.1, 0.15) is 5.82 Å². The maximum absolute atomic E-state index is 4.35. The molecule has 0 aliphatic carbocycles. The van der Waals surface area contributed by atoms with Crippen LogP contribution in [0.3, 0.4) is 0 Å². The average molecular weight is 245 g/mol. The maximum Gasteiger partial charge on any atom is 0.108 e. The lowest BCUT2D eigenvalue weighted by Gasteiger charge is -2.14. The molecule has 0 aliphatic rings. The third-order valence-electron chi connectivity index (χ3n) is 2.43. The number of alkyl halides is 1. The Balaban J connectivity index is 2.62. The lowest BCUT2D eigenvalue weighted by Crippen LogP contribution is -2.13. The zero-order chi connectivity index (χ0) is 9.84. The topological polar surface area (TPSA) is 17.8 Å². The second-order valence-corrected chi connectivity index (χ2v) is 4.93. The van der Waals surface area contributed by atoms with Gasteiger partial charge in [-0.05, 0) is 12.8 Å². The van der Waals surface area contributed by atoms with Gasteiger partial charge in [-0.1, -0.05) is 29.8 Å². The number of aryl methyl sites for hydroxylation is 1. The minimum absolute atomic E-state index is 0.550. The van der Waals surface area contributed by atoms with Gasteiger partial charge in [0.15, 0.2) is 0 Å². The van der Waals surface area contributed by atoms with Gasteiger partial charge < -0.3 is 4.57 Å². The molecular formula is C10H17BrN2. The Morgan fingerprint density at radius 3 is 2.77 bits per heavy atom. The van der Waals surface area contributed by atoms with E-state index in [1.807, 2.05) is 12.4 Å². The molecule has 1 aromatic rings. The van der Waals surface area contributed by atoms with E-state index in [0.717, 1.165) is 13.0 Å². The Morgan fingerprint density at radius 1 is 1.54 bits per heavy atom. The monoisotopic (exact) mass is 244 g/mol. The van der Waals surface area contributed by atoms with Gasteiger partial charge in [0.05, 0.1) is 0 Å². The van der Waals surface area contributed by atoms with Gasteiger partial charge in [0, 0.05) is 30.2 Å². The molecule has 0 aliphatic heterocycles. The zero-order valence-electron chi connectivity index (χ0n) is 8.50. The summed E-state index contributed by atoms with van der Waals surface area (Å²) in [5.41, 5.74) is 0. The van der Waals surface area contributed by atoms with E-state index < -0.39 is 0 Å². The summed E-state index contributed by atoms with van der Waals surface area (Å²) in [7, 11) is 0. The first kappa shape index (κ1) is 10.8. The van der Waals surface area contributed by atoms with Crippen LogP contribution >= 0.6 is 15.9 Å². The lowest BCUT2D eigenvalue weighted by molar-refractivity contribution is 0.540. The minimum atomic E-state index is 0.550. The van der Waals surface area contributed by atoms with Gasteiger partial charge in [-0.15, -0.1) is 0 Å². The van der Waals surface area contributed by atoms with Crippen LogP contribution in [0.1, 0.15) is 26.6 Å². The van der Waals surface area contributed by atoms with Crippen LogP contribution in [-0.2, 0) is 13.0 Å². The molecule has 3 heteroatoms. The van der Waals surface area contributed by atoms with Crippen molar-refractivity contribution in [3.05, 3.63) is 18.2 Å². The number of hydrogen-bond donors (Lipinski definition) is 0. The molecule has 2 atom stereocenters. The van der Waals surface area contributed by atoms with Crippen LogP contribution in [0.25, 0.3) is 0 Å². The van der Waals surface area contributed by atoms with Crippen molar-refractivity contribution >= 4 is 15.9 Å². The van der Waals surface area contributed by atoms with Crippen LogP contribution in [-0.4, -0.2) is 14.4 Å². The van der Waals surface area contributed by atoms with Crippen molar-refractivity contribution in [3.63, 3.8) is 0 Å². The molecule has 0 bridgehead atoms. The van der Waals surface area contributed by atoms with E-state index in [1.165, 1.54) is 5.82 Å².